The first-order valence-electron chi connectivity index (χ1n) is 13.5. The van der Waals surface area contributed by atoms with Crippen molar-refractivity contribution >= 4 is 29.3 Å². The number of imidazole rings is 1. The molecule has 0 bridgehead atoms. The molecule has 7 heteroatoms. The standard InChI is InChI=1S/C32H31FN6/c1-20(25-17-23(18-34-19-25)16-22-6-4-3-5-7-22)8-13-27-21(2)29(39-38-27)32-36-28-14-15-35-30(31(28)37-32)24-9-11-26(33)12-10-24/h8-15,17-19,22,38H,2-7,16H2,1H3,(H,36,37)/b20-8+,27-13+. The van der Waals surface area contributed by atoms with Gasteiger partial charge in [0.15, 0.2) is 5.82 Å². The van der Waals surface area contributed by atoms with E-state index in [-0.39, 0.29) is 5.82 Å². The summed E-state index contributed by atoms with van der Waals surface area (Å²) in [7, 11) is 0. The first kappa shape index (κ1) is 24.9. The van der Waals surface area contributed by atoms with Crippen LogP contribution in [-0.4, -0.2) is 30.1 Å². The topological polar surface area (TPSA) is 83.1 Å². The Morgan fingerprint density at radius 2 is 1.90 bits per heavy atom. The van der Waals surface area contributed by atoms with E-state index in [1.54, 1.807) is 18.3 Å². The number of rotatable bonds is 6. The molecule has 0 amide bonds. The van der Waals surface area contributed by atoms with E-state index in [4.69, 9.17) is 4.98 Å². The van der Waals surface area contributed by atoms with E-state index in [0.717, 1.165) is 45.1 Å². The number of allylic oxidation sites excluding steroid dienone is 2. The second-order valence-electron chi connectivity index (χ2n) is 10.4. The summed E-state index contributed by atoms with van der Waals surface area (Å²) in [5.74, 6) is 1.09. The average Bonchev–Trinajstić information content (AvgIpc) is 3.56. The molecule has 1 fully saturated rings. The number of nitrogens with zero attached hydrogens (tertiary/aromatic N) is 4. The zero-order valence-corrected chi connectivity index (χ0v) is 22.0. The Balaban J connectivity index is 1.27. The van der Waals surface area contributed by atoms with Crippen LogP contribution in [0.2, 0.25) is 0 Å². The first-order valence-corrected chi connectivity index (χ1v) is 13.5. The molecular weight excluding hydrogens is 487 g/mol. The van der Waals surface area contributed by atoms with Crippen LogP contribution in [0.25, 0.3) is 52.0 Å². The van der Waals surface area contributed by atoms with Crippen LogP contribution in [0.1, 0.15) is 50.2 Å². The van der Waals surface area contributed by atoms with Gasteiger partial charge in [-0.05, 0) is 78.4 Å². The number of pyridine rings is 2. The van der Waals surface area contributed by atoms with Gasteiger partial charge in [0.1, 0.15) is 17.0 Å². The van der Waals surface area contributed by atoms with Crippen LogP contribution in [0.15, 0.2) is 61.1 Å². The monoisotopic (exact) mass is 518 g/mol. The van der Waals surface area contributed by atoms with Gasteiger partial charge in [-0.2, -0.15) is 5.10 Å². The van der Waals surface area contributed by atoms with Crippen molar-refractivity contribution in [3.8, 4) is 22.8 Å². The number of aromatic nitrogens is 6. The number of hydrogen-bond acceptors (Lipinski definition) is 4. The Morgan fingerprint density at radius 1 is 1.08 bits per heavy atom. The van der Waals surface area contributed by atoms with Crippen LogP contribution in [-0.2, 0) is 6.42 Å². The fourth-order valence-corrected chi connectivity index (χ4v) is 5.42. The highest BCUT2D eigenvalue weighted by Crippen LogP contribution is 2.28. The van der Waals surface area contributed by atoms with Gasteiger partial charge in [0.25, 0.3) is 0 Å². The lowest BCUT2D eigenvalue weighted by Gasteiger charge is -2.21. The predicted octanol–water partition coefficient (Wildman–Crippen LogP) is 5.97. The molecule has 196 valence electrons. The Bertz CT molecular complexity index is 1760. The zero-order chi connectivity index (χ0) is 26.8. The maximum atomic E-state index is 13.4. The molecule has 0 saturated heterocycles. The Morgan fingerprint density at radius 3 is 2.72 bits per heavy atom. The first-order chi connectivity index (χ1) is 19.0. The van der Waals surface area contributed by atoms with Crippen LogP contribution >= 0.6 is 0 Å². The van der Waals surface area contributed by atoms with Crippen molar-refractivity contribution in [1.29, 1.82) is 0 Å². The molecule has 39 heavy (non-hydrogen) atoms. The van der Waals surface area contributed by atoms with E-state index in [1.165, 1.54) is 49.8 Å². The number of nitrogens with one attached hydrogen (secondary N) is 2. The van der Waals surface area contributed by atoms with Gasteiger partial charge >= 0.3 is 0 Å². The molecule has 1 aliphatic rings. The van der Waals surface area contributed by atoms with E-state index in [1.807, 2.05) is 24.5 Å². The third kappa shape index (κ3) is 5.30. The third-order valence-electron chi connectivity index (χ3n) is 7.64. The maximum Gasteiger partial charge on any atom is 0.159 e. The molecule has 0 radical (unpaired) electrons. The molecule has 4 heterocycles. The molecule has 6 rings (SSSR count). The van der Waals surface area contributed by atoms with Crippen LogP contribution in [0.5, 0.6) is 0 Å². The molecule has 1 aromatic carbocycles. The van der Waals surface area contributed by atoms with Crippen molar-refractivity contribution in [1.82, 2.24) is 30.1 Å². The third-order valence-corrected chi connectivity index (χ3v) is 7.64. The van der Waals surface area contributed by atoms with Crippen molar-refractivity contribution < 1.29 is 4.39 Å². The van der Waals surface area contributed by atoms with E-state index in [2.05, 4.69) is 50.8 Å². The van der Waals surface area contributed by atoms with E-state index in [0.29, 0.717) is 22.7 Å². The summed E-state index contributed by atoms with van der Waals surface area (Å²) in [6.07, 6.45) is 17.6. The number of benzene rings is 1. The zero-order valence-electron chi connectivity index (χ0n) is 22.0. The molecule has 5 aromatic rings. The summed E-state index contributed by atoms with van der Waals surface area (Å²) >= 11 is 0. The minimum atomic E-state index is -0.289. The van der Waals surface area contributed by atoms with Gasteiger partial charge < -0.3 is 4.98 Å². The quantitative estimate of drug-likeness (QED) is 0.290. The molecule has 0 spiro atoms. The fraction of sp³-hybridized carbons (Fsp3) is 0.250. The van der Waals surface area contributed by atoms with Gasteiger partial charge in [-0.1, -0.05) is 44.8 Å². The normalized spacial score (nSPS) is 15.3. The van der Waals surface area contributed by atoms with Crippen molar-refractivity contribution in [2.45, 2.75) is 45.4 Å². The predicted molar refractivity (Wildman–Crippen MR) is 154 cm³/mol. The minimum Gasteiger partial charge on any atom is -0.336 e. The number of H-pyrrole nitrogens is 2. The highest BCUT2D eigenvalue weighted by Gasteiger charge is 2.15. The molecule has 6 nitrogen and oxygen atoms in total. The van der Waals surface area contributed by atoms with Gasteiger partial charge in [-0.15, -0.1) is 0 Å². The van der Waals surface area contributed by atoms with E-state index in [9.17, 15) is 4.39 Å². The minimum absolute atomic E-state index is 0.289. The fourth-order valence-electron chi connectivity index (χ4n) is 5.42. The van der Waals surface area contributed by atoms with Crippen LogP contribution in [0.3, 0.4) is 0 Å². The van der Waals surface area contributed by atoms with Crippen LogP contribution in [0.4, 0.5) is 4.39 Å². The summed E-state index contributed by atoms with van der Waals surface area (Å²) in [5, 5.41) is 9.16. The highest BCUT2D eigenvalue weighted by molar-refractivity contribution is 5.91. The van der Waals surface area contributed by atoms with Crippen molar-refractivity contribution in [2.75, 3.05) is 0 Å². The largest absolute Gasteiger partial charge is 0.336 e. The Kier molecular flexibility index (Phi) is 6.88. The summed E-state index contributed by atoms with van der Waals surface area (Å²) in [5.41, 5.74) is 7.21. The average molecular weight is 519 g/mol. The lowest BCUT2D eigenvalue weighted by atomic mass is 9.85. The smallest absolute Gasteiger partial charge is 0.159 e. The van der Waals surface area contributed by atoms with Crippen molar-refractivity contribution in [3.63, 3.8) is 0 Å². The molecule has 0 atom stereocenters. The van der Waals surface area contributed by atoms with E-state index < -0.39 is 0 Å². The van der Waals surface area contributed by atoms with Crippen LogP contribution in [0, 0.1) is 11.7 Å². The highest BCUT2D eigenvalue weighted by atomic mass is 19.1. The van der Waals surface area contributed by atoms with E-state index >= 15 is 0 Å². The Labute approximate surface area is 226 Å². The molecule has 0 unspecified atom stereocenters. The van der Waals surface area contributed by atoms with Gasteiger partial charge in [0.2, 0.25) is 0 Å². The number of halogens is 1. The molecule has 4 aromatic heterocycles. The Hall–Kier alpha value is -4.39. The van der Waals surface area contributed by atoms with Crippen LogP contribution < -0.4 is 10.6 Å². The SMILES string of the molecule is C=c1c(-c2nc3c(-c4ccc(F)cc4)nccc3[nH]2)n[nH]/c1=C/C=C(\C)c1cncc(CC2CCCCC2)c1. The van der Waals surface area contributed by atoms with Crippen molar-refractivity contribution in [3.05, 3.63) is 88.6 Å². The number of aromatic amines is 2. The summed E-state index contributed by atoms with van der Waals surface area (Å²) in [4.78, 5) is 17.1. The molecule has 2 N–H and O–H groups in total. The maximum absolute atomic E-state index is 13.4. The molecule has 0 aliphatic heterocycles. The molecular formula is C32H31FN6. The molecule has 1 aliphatic carbocycles. The number of hydrogen-bond donors (Lipinski definition) is 2. The lowest BCUT2D eigenvalue weighted by molar-refractivity contribution is 0.356. The van der Waals surface area contributed by atoms with Gasteiger partial charge in [0.05, 0.1) is 16.6 Å². The summed E-state index contributed by atoms with van der Waals surface area (Å²) < 4.78 is 13.4. The summed E-state index contributed by atoms with van der Waals surface area (Å²) in [6, 6.07) is 10.4. The lowest BCUT2D eigenvalue weighted by Crippen LogP contribution is -2.21. The molecule has 1 saturated carbocycles. The summed E-state index contributed by atoms with van der Waals surface area (Å²) in [6.45, 7) is 6.36. The second kappa shape index (κ2) is 10.8. The number of fused-ring (bicyclic) bond motifs is 1. The second-order valence-corrected chi connectivity index (χ2v) is 10.4. The van der Waals surface area contributed by atoms with Gasteiger partial charge in [-0.25, -0.2) is 9.37 Å². The van der Waals surface area contributed by atoms with Gasteiger partial charge in [0, 0.05) is 29.4 Å². The van der Waals surface area contributed by atoms with Crippen molar-refractivity contribution in [2.24, 2.45) is 5.92 Å². The van der Waals surface area contributed by atoms with Gasteiger partial charge in [-0.3, -0.25) is 15.1 Å².